The van der Waals surface area contributed by atoms with E-state index in [1.165, 1.54) is 18.2 Å². The molecule has 0 saturated carbocycles. The van der Waals surface area contributed by atoms with E-state index in [-0.39, 0.29) is 22.3 Å². The number of carbonyl (C=O) groups excluding carboxylic acids is 2. The highest BCUT2D eigenvalue weighted by atomic mass is 35.5. The van der Waals surface area contributed by atoms with E-state index in [2.05, 4.69) is 5.32 Å². The van der Waals surface area contributed by atoms with Gasteiger partial charge in [-0.2, -0.15) is 0 Å². The van der Waals surface area contributed by atoms with Crippen molar-refractivity contribution in [3.8, 4) is 0 Å². The van der Waals surface area contributed by atoms with Crippen LogP contribution >= 0.6 is 11.6 Å². The van der Waals surface area contributed by atoms with Gasteiger partial charge in [0.25, 0.3) is 11.6 Å². The van der Waals surface area contributed by atoms with Crippen molar-refractivity contribution in [3.05, 3.63) is 69.2 Å². The largest absolute Gasteiger partial charge is 0.455 e. The summed E-state index contributed by atoms with van der Waals surface area (Å²) in [6.45, 7) is 3.36. The number of hydrogen-bond donors (Lipinski definition) is 1. The predicted octanol–water partition coefficient (Wildman–Crippen LogP) is 4.56. The SMILES string of the molecule is CCC(C)C(C(=O)OCC(=O)Nc1cc(Cl)ccc1[N+](=O)[O-])c1ccccc1. The fraction of sp³-hybridized carbons (Fsp3) is 0.300. The second kappa shape index (κ2) is 9.85. The summed E-state index contributed by atoms with van der Waals surface area (Å²) < 4.78 is 5.19. The number of amides is 1. The van der Waals surface area contributed by atoms with Gasteiger partial charge < -0.3 is 10.1 Å². The predicted molar refractivity (Wildman–Crippen MR) is 106 cm³/mol. The summed E-state index contributed by atoms with van der Waals surface area (Å²) in [7, 11) is 0. The highest BCUT2D eigenvalue weighted by Gasteiger charge is 2.28. The lowest BCUT2D eigenvalue weighted by atomic mass is 9.86. The third kappa shape index (κ3) is 5.53. The van der Waals surface area contributed by atoms with Gasteiger partial charge in [-0.05, 0) is 23.6 Å². The number of nitro benzene ring substituents is 1. The molecule has 0 bridgehead atoms. The number of nitro groups is 1. The van der Waals surface area contributed by atoms with E-state index < -0.39 is 29.3 Å². The molecule has 2 rings (SSSR count). The highest BCUT2D eigenvalue weighted by Crippen LogP contribution is 2.29. The van der Waals surface area contributed by atoms with Crippen LogP contribution in [0.4, 0.5) is 11.4 Å². The molecule has 0 saturated heterocycles. The summed E-state index contributed by atoms with van der Waals surface area (Å²) in [6.07, 6.45) is 0.759. The van der Waals surface area contributed by atoms with Crippen LogP contribution in [0.2, 0.25) is 5.02 Å². The van der Waals surface area contributed by atoms with E-state index in [4.69, 9.17) is 16.3 Å². The third-order valence-electron chi connectivity index (χ3n) is 4.40. The maximum Gasteiger partial charge on any atom is 0.314 e. The van der Waals surface area contributed by atoms with Crippen molar-refractivity contribution in [1.29, 1.82) is 0 Å². The Morgan fingerprint density at radius 1 is 1.21 bits per heavy atom. The van der Waals surface area contributed by atoms with E-state index in [1.807, 2.05) is 44.2 Å². The average molecular weight is 405 g/mol. The van der Waals surface area contributed by atoms with Crippen LogP contribution in [0.3, 0.4) is 0 Å². The molecular formula is C20H21ClN2O5. The number of hydrogen-bond acceptors (Lipinski definition) is 5. The Labute approximate surface area is 167 Å². The Bertz CT molecular complexity index is 857. The van der Waals surface area contributed by atoms with E-state index in [9.17, 15) is 19.7 Å². The summed E-state index contributed by atoms with van der Waals surface area (Å²) in [5.41, 5.74) is 0.457. The molecule has 0 aliphatic rings. The fourth-order valence-corrected chi connectivity index (χ4v) is 2.95. The van der Waals surface area contributed by atoms with Crippen molar-refractivity contribution in [2.45, 2.75) is 26.2 Å². The minimum Gasteiger partial charge on any atom is -0.455 e. The first-order valence-electron chi connectivity index (χ1n) is 8.78. The first-order chi connectivity index (χ1) is 13.3. The van der Waals surface area contributed by atoms with Gasteiger partial charge in [0.05, 0.1) is 10.8 Å². The number of anilines is 1. The zero-order valence-corrected chi connectivity index (χ0v) is 16.3. The normalized spacial score (nSPS) is 12.7. The number of esters is 1. The number of benzene rings is 2. The first kappa shape index (κ1) is 21.4. The van der Waals surface area contributed by atoms with Crippen LogP contribution in [0.25, 0.3) is 0 Å². The van der Waals surface area contributed by atoms with Gasteiger partial charge >= 0.3 is 5.97 Å². The Balaban J connectivity index is 2.06. The van der Waals surface area contributed by atoms with E-state index in [0.29, 0.717) is 0 Å². The number of nitrogens with zero attached hydrogens (tertiary/aromatic N) is 1. The Morgan fingerprint density at radius 3 is 2.50 bits per heavy atom. The molecule has 148 valence electrons. The van der Waals surface area contributed by atoms with E-state index in [0.717, 1.165) is 12.0 Å². The minimum absolute atomic E-state index is 0.0204. The quantitative estimate of drug-likeness (QED) is 0.395. The topological polar surface area (TPSA) is 98.5 Å². The molecule has 1 amide bonds. The zero-order chi connectivity index (χ0) is 20.7. The molecule has 2 aromatic carbocycles. The van der Waals surface area contributed by atoms with Gasteiger partial charge in [-0.3, -0.25) is 19.7 Å². The molecule has 0 aliphatic heterocycles. The monoisotopic (exact) mass is 404 g/mol. The van der Waals surface area contributed by atoms with E-state index >= 15 is 0 Å². The summed E-state index contributed by atoms with van der Waals surface area (Å²) in [5, 5.41) is 13.7. The van der Waals surface area contributed by atoms with Gasteiger partial charge in [-0.25, -0.2) is 0 Å². The molecule has 0 radical (unpaired) electrons. The first-order valence-corrected chi connectivity index (χ1v) is 9.16. The number of ether oxygens (including phenoxy) is 1. The molecule has 2 unspecified atom stereocenters. The molecule has 0 spiro atoms. The van der Waals surface area contributed by atoms with Crippen molar-refractivity contribution in [1.82, 2.24) is 0 Å². The molecule has 0 heterocycles. The molecule has 2 aromatic rings. The zero-order valence-electron chi connectivity index (χ0n) is 15.6. The highest BCUT2D eigenvalue weighted by molar-refractivity contribution is 6.31. The van der Waals surface area contributed by atoms with Gasteiger partial charge in [0.1, 0.15) is 5.69 Å². The van der Waals surface area contributed by atoms with Crippen LogP contribution in [-0.4, -0.2) is 23.4 Å². The third-order valence-corrected chi connectivity index (χ3v) is 4.64. The van der Waals surface area contributed by atoms with Gasteiger partial charge in [-0.1, -0.05) is 62.2 Å². The molecule has 0 aliphatic carbocycles. The van der Waals surface area contributed by atoms with Crippen LogP contribution in [-0.2, 0) is 14.3 Å². The van der Waals surface area contributed by atoms with Gasteiger partial charge in [-0.15, -0.1) is 0 Å². The second-order valence-electron chi connectivity index (χ2n) is 6.35. The molecule has 0 aromatic heterocycles. The van der Waals surface area contributed by atoms with E-state index in [1.54, 1.807) is 0 Å². The maximum absolute atomic E-state index is 12.6. The van der Waals surface area contributed by atoms with Gasteiger partial charge in [0.2, 0.25) is 0 Å². The van der Waals surface area contributed by atoms with Crippen molar-refractivity contribution in [2.75, 3.05) is 11.9 Å². The summed E-state index contributed by atoms with van der Waals surface area (Å²) in [5.74, 6) is -1.68. The van der Waals surface area contributed by atoms with Crippen LogP contribution < -0.4 is 5.32 Å². The van der Waals surface area contributed by atoms with Crippen LogP contribution in [0.5, 0.6) is 0 Å². The maximum atomic E-state index is 12.6. The number of rotatable bonds is 8. The Morgan fingerprint density at radius 2 is 1.89 bits per heavy atom. The standard InChI is InChI=1S/C20H21ClN2O5/c1-3-13(2)19(14-7-5-4-6-8-14)20(25)28-12-18(24)22-16-11-15(21)9-10-17(16)23(26)27/h4-11,13,19H,3,12H2,1-2H3,(H,22,24). The number of nitrogens with one attached hydrogen (secondary N) is 1. The fourth-order valence-electron chi connectivity index (χ4n) is 2.77. The molecule has 8 heteroatoms. The molecular weight excluding hydrogens is 384 g/mol. The van der Waals surface area contributed by atoms with Crippen molar-refractivity contribution < 1.29 is 19.2 Å². The summed E-state index contributed by atoms with van der Waals surface area (Å²) >= 11 is 5.83. The lowest BCUT2D eigenvalue weighted by molar-refractivity contribution is -0.383. The minimum atomic E-state index is -0.685. The number of halogens is 1. The van der Waals surface area contributed by atoms with Gasteiger partial charge in [0.15, 0.2) is 6.61 Å². The molecule has 0 fully saturated rings. The van der Waals surface area contributed by atoms with Gasteiger partial charge in [0, 0.05) is 11.1 Å². The van der Waals surface area contributed by atoms with Crippen LogP contribution in [0, 0.1) is 16.0 Å². The lowest BCUT2D eigenvalue weighted by Gasteiger charge is -2.21. The Hall–Kier alpha value is -2.93. The smallest absolute Gasteiger partial charge is 0.314 e. The summed E-state index contributed by atoms with van der Waals surface area (Å²) in [4.78, 5) is 35.2. The average Bonchev–Trinajstić information content (AvgIpc) is 2.67. The lowest BCUT2D eigenvalue weighted by Crippen LogP contribution is -2.27. The van der Waals surface area contributed by atoms with Crippen molar-refractivity contribution >= 4 is 34.9 Å². The van der Waals surface area contributed by atoms with Crippen LogP contribution in [0.1, 0.15) is 31.7 Å². The molecule has 7 nitrogen and oxygen atoms in total. The molecule has 1 N–H and O–H groups in total. The molecule has 28 heavy (non-hydrogen) atoms. The van der Waals surface area contributed by atoms with Crippen molar-refractivity contribution in [2.24, 2.45) is 5.92 Å². The molecule has 2 atom stereocenters. The van der Waals surface area contributed by atoms with Crippen LogP contribution in [0.15, 0.2) is 48.5 Å². The second-order valence-corrected chi connectivity index (χ2v) is 6.78. The Kier molecular flexibility index (Phi) is 7.52. The van der Waals surface area contributed by atoms with Crippen molar-refractivity contribution in [3.63, 3.8) is 0 Å². The summed E-state index contributed by atoms with van der Waals surface area (Å²) in [6, 6.07) is 13.0. The number of carbonyl (C=O) groups is 2.